The Morgan fingerprint density at radius 1 is 1.29 bits per heavy atom. The quantitative estimate of drug-likeness (QED) is 0.913. The molecule has 3 nitrogen and oxygen atoms in total. The van der Waals surface area contributed by atoms with Gasteiger partial charge in [0.1, 0.15) is 11.6 Å². The minimum absolute atomic E-state index is 0.295. The summed E-state index contributed by atoms with van der Waals surface area (Å²) in [5.74, 6) is 0.407. The largest absolute Gasteiger partial charge is 0.439 e. The van der Waals surface area contributed by atoms with E-state index in [4.69, 9.17) is 22.1 Å². The Labute approximate surface area is 103 Å². The maximum atomic E-state index is 12.7. The highest BCUT2D eigenvalue weighted by Gasteiger charge is 2.05. The molecule has 0 spiro atoms. The maximum absolute atomic E-state index is 12.7. The number of hydrogen-bond donors (Lipinski definition) is 1. The zero-order valence-corrected chi connectivity index (χ0v) is 9.62. The van der Waals surface area contributed by atoms with E-state index < -0.39 is 5.82 Å². The molecule has 2 rings (SSSR count). The number of nitrogens with zero attached hydrogens (tertiary/aromatic N) is 1. The summed E-state index contributed by atoms with van der Waals surface area (Å²) in [6.45, 7) is 0.327. The van der Waals surface area contributed by atoms with Crippen LogP contribution in [0.5, 0.6) is 11.6 Å². The third kappa shape index (κ3) is 2.93. The summed E-state index contributed by atoms with van der Waals surface area (Å²) in [6.07, 6.45) is 1.09. The zero-order valence-electron chi connectivity index (χ0n) is 8.86. The van der Waals surface area contributed by atoms with E-state index in [1.165, 1.54) is 12.1 Å². The second kappa shape index (κ2) is 5.12. The minimum Gasteiger partial charge on any atom is -0.439 e. The lowest BCUT2D eigenvalue weighted by Crippen LogP contribution is -1.99. The van der Waals surface area contributed by atoms with Crippen molar-refractivity contribution in [2.45, 2.75) is 6.54 Å². The van der Waals surface area contributed by atoms with Crippen molar-refractivity contribution in [1.82, 2.24) is 4.98 Å². The fraction of sp³-hybridized carbons (Fsp3) is 0.0833. The molecule has 0 radical (unpaired) electrons. The van der Waals surface area contributed by atoms with Gasteiger partial charge >= 0.3 is 0 Å². The number of rotatable bonds is 3. The Balaban J connectivity index is 2.28. The van der Waals surface area contributed by atoms with Gasteiger partial charge in [-0.3, -0.25) is 0 Å². The minimum atomic E-state index is -0.414. The van der Waals surface area contributed by atoms with E-state index in [-0.39, 0.29) is 0 Å². The van der Waals surface area contributed by atoms with Crippen LogP contribution in [0.2, 0.25) is 5.02 Å². The van der Waals surface area contributed by atoms with E-state index in [9.17, 15) is 4.39 Å². The number of hydrogen-bond acceptors (Lipinski definition) is 3. The molecule has 1 aromatic heterocycles. The first kappa shape index (κ1) is 11.8. The molecule has 0 saturated heterocycles. The molecule has 0 atom stereocenters. The number of benzene rings is 1. The molecule has 0 saturated carbocycles. The van der Waals surface area contributed by atoms with Crippen molar-refractivity contribution in [3.05, 3.63) is 52.9 Å². The van der Waals surface area contributed by atoms with E-state index in [2.05, 4.69) is 4.98 Å². The molecule has 0 bridgehead atoms. The fourth-order valence-corrected chi connectivity index (χ4v) is 1.49. The van der Waals surface area contributed by atoms with Gasteiger partial charge in [-0.15, -0.1) is 0 Å². The Hall–Kier alpha value is -1.65. The number of nitrogens with two attached hydrogens (primary N) is 1. The summed E-state index contributed by atoms with van der Waals surface area (Å²) in [7, 11) is 0. The molecule has 1 aromatic carbocycles. The standard InChI is InChI=1S/C12H10ClFN2O/c13-9-2-1-8(6-15)11(5-9)17-12-4-3-10(14)7-16-12/h1-5,7H,6,15H2. The van der Waals surface area contributed by atoms with Gasteiger partial charge < -0.3 is 10.5 Å². The Morgan fingerprint density at radius 2 is 2.12 bits per heavy atom. The molecule has 2 N–H and O–H groups in total. The van der Waals surface area contributed by atoms with E-state index in [1.807, 2.05) is 0 Å². The van der Waals surface area contributed by atoms with Gasteiger partial charge in [-0.05, 0) is 18.2 Å². The number of ether oxygens (including phenoxy) is 1. The molecule has 2 aromatic rings. The van der Waals surface area contributed by atoms with E-state index in [0.29, 0.717) is 23.2 Å². The van der Waals surface area contributed by atoms with Gasteiger partial charge in [0.25, 0.3) is 0 Å². The van der Waals surface area contributed by atoms with Crippen LogP contribution in [0.15, 0.2) is 36.5 Å². The summed E-state index contributed by atoms with van der Waals surface area (Å²) >= 11 is 5.86. The number of pyridine rings is 1. The molecule has 0 unspecified atom stereocenters. The highest BCUT2D eigenvalue weighted by molar-refractivity contribution is 6.30. The summed E-state index contributed by atoms with van der Waals surface area (Å²) in [4.78, 5) is 3.80. The van der Waals surface area contributed by atoms with Crippen molar-refractivity contribution in [3.63, 3.8) is 0 Å². The van der Waals surface area contributed by atoms with E-state index >= 15 is 0 Å². The molecular weight excluding hydrogens is 243 g/mol. The first-order chi connectivity index (χ1) is 8.19. The summed E-state index contributed by atoms with van der Waals surface area (Å²) in [5.41, 5.74) is 6.38. The molecule has 0 aliphatic heterocycles. The van der Waals surface area contributed by atoms with Crippen molar-refractivity contribution in [1.29, 1.82) is 0 Å². The van der Waals surface area contributed by atoms with Crippen molar-refractivity contribution in [2.24, 2.45) is 5.73 Å². The van der Waals surface area contributed by atoms with Gasteiger partial charge in [0.2, 0.25) is 5.88 Å². The maximum Gasteiger partial charge on any atom is 0.219 e. The Morgan fingerprint density at radius 3 is 2.76 bits per heavy atom. The van der Waals surface area contributed by atoms with Gasteiger partial charge in [-0.1, -0.05) is 17.7 Å². The highest BCUT2D eigenvalue weighted by Crippen LogP contribution is 2.27. The summed E-state index contributed by atoms with van der Waals surface area (Å²) in [6, 6.07) is 7.87. The SMILES string of the molecule is NCc1ccc(Cl)cc1Oc1ccc(F)cn1. The molecule has 17 heavy (non-hydrogen) atoms. The highest BCUT2D eigenvalue weighted by atomic mass is 35.5. The average molecular weight is 253 g/mol. The molecule has 1 heterocycles. The van der Waals surface area contributed by atoms with Crippen LogP contribution >= 0.6 is 11.6 Å². The van der Waals surface area contributed by atoms with Crippen LogP contribution in [-0.4, -0.2) is 4.98 Å². The second-order valence-corrected chi connectivity index (χ2v) is 3.81. The van der Waals surface area contributed by atoms with Crippen LogP contribution in [0.3, 0.4) is 0 Å². The van der Waals surface area contributed by atoms with Crippen molar-refractivity contribution in [3.8, 4) is 11.6 Å². The second-order valence-electron chi connectivity index (χ2n) is 3.37. The average Bonchev–Trinajstić information content (AvgIpc) is 2.32. The fourth-order valence-electron chi connectivity index (χ4n) is 1.33. The van der Waals surface area contributed by atoms with Gasteiger partial charge in [0.15, 0.2) is 0 Å². The summed E-state index contributed by atoms with van der Waals surface area (Å²) < 4.78 is 18.2. The van der Waals surface area contributed by atoms with Crippen molar-refractivity contribution >= 4 is 11.6 Å². The topological polar surface area (TPSA) is 48.1 Å². The molecule has 0 aliphatic rings. The first-order valence-electron chi connectivity index (χ1n) is 4.97. The van der Waals surface area contributed by atoms with Crippen LogP contribution in [-0.2, 0) is 6.54 Å². The van der Waals surface area contributed by atoms with Crippen LogP contribution < -0.4 is 10.5 Å². The molecule has 0 fully saturated rings. The molecule has 5 heteroatoms. The van der Waals surface area contributed by atoms with Gasteiger partial charge in [0, 0.05) is 23.2 Å². The first-order valence-corrected chi connectivity index (χ1v) is 5.35. The number of aromatic nitrogens is 1. The molecule has 88 valence electrons. The predicted molar refractivity (Wildman–Crippen MR) is 63.6 cm³/mol. The van der Waals surface area contributed by atoms with Crippen molar-refractivity contribution < 1.29 is 9.13 Å². The lowest BCUT2D eigenvalue weighted by atomic mass is 10.2. The van der Waals surface area contributed by atoms with Gasteiger partial charge in [-0.2, -0.15) is 0 Å². The lowest BCUT2D eigenvalue weighted by molar-refractivity contribution is 0.454. The van der Waals surface area contributed by atoms with Crippen LogP contribution in [0.25, 0.3) is 0 Å². The molecular formula is C12H10ClFN2O. The van der Waals surface area contributed by atoms with Crippen molar-refractivity contribution in [2.75, 3.05) is 0 Å². The predicted octanol–water partition coefficient (Wildman–Crippen LogP) is 3.13. The Kier molecular flexibility index (Phi) is 3.56. The number of halogens is 2. The van der Waals surface area contributed by atoms with Crippen LogP contribution in [0.1, 0.15) is 5.56 Å². The van der Waals surface area contributed by atoms with Crippen LogP contribution in [0.4, 0.5) is 4.39 Å². The monoisotopic (exact) mass is 252 g/mol. The van der Waals surface area contributed by atoms with Crippen LogP contribution in [0, 0.1) is 5.82 Å². The third-order valence-electron chi connectivity index (χ3n) is 2.16. The van der Waals surface area contributed by atoms with Gasteiger partial charge in [-0.25, -0.2) is 9.37 Å². The third-order valence-corrected chi connectivity index (χ3v) is 2.40. The zero-order chi connectivity index (χ0) is 12.3. The smallest absolute Gasteiger partial charge is 0.219 e. The van der Waals surface area contributed by atoms with Gasteiger partial charge in [0.05, 0.1) is 6.20 Å². The van der Waals surface area contributed by atoms with E-state index in [0.717, 1.165) is 11.8 Å². The lowest BCUT2D eigenvalue weighted by Gasteiger charge is -2.09. The Bertz CT molecular complexity index is 516. The molecule has 0 amide bonds. The molecule has 0 aliphatic carbocycles. The normalized spacial score (nSPS) is 10.3. The summed E-state index contributed by atoms with van der Waals surface area (Å²) in [5, 5.41) is 0.541. The van der Waals surface area contributed by atoms with E-state index in [1.54, 1.807) is 18.2 Å².